The summed E-state index contributed by atoms with van der Waals surface area (Å²) in [5.74, 6) is 0.518. The molecule has 0 atom stereocenters. The first-order valence-corrected chi connectivity index (χ1v) is 10.0. The number of carbonyl (C=O) groups excluding carboxylic acids is 2. The number of ether oxygens (including phenoxy) is 2. The van der Waals surface area contributed by atoms with E-state index in [0.29, 0.717) is 28.7 Å². The molecule has 1 saturated carbocycles. The maximum atomic E-state index is 12.4. The maximum Gasteiger partial charge on any atom is 0.251 e. The molecule has 7 heteroatoms. The Morgan fingerprint density at radius 2 is 1.96 bits per heavy atom. The van der Waals surface area contributed by atoms with Gasteiger partial charge in [-0.3, -0.25) is 9.59 Å². The Morgan fingerprint density at radius 3 is 2.63 bits per heavy atom. The summed E-state index contributed by atoms with van der Waals surface area (Å²) in [6.45, 7) is 2.77. The van der Waals surface area contributed by atoms with Crippen LogP contribution >= 0.6 is 11.6 Å². The van der Waals surface area contributed by atoms with Gasteiger partial charge in [0.15, 0.2) is 11.5 Å². The second kappa shape index (κ2) is 11.0. The Kier molecular flexibility index (Phi) is 8.72. The van der Waals surface area contributed by atoms with Gasteiger partial charge in [0, 0.05) is 24.6 Å². The standard InChI is InChI=1S/C20H29ClN2O4/c1-3-11-27-19-16(21)12-14(13-17(19)26-2)20(25)22-10-9-18(24)23-15-7-5-4-6-8-15/h12-13,15H,3-11H2,1-2H3,(H,22,25)(H,23,24). The van der Waals surface area contributed by atoms with Crippen molar-refractivity contribution in [2.24, 2.45) is 0 Å². The number of hydrogen-bond acceptors (Lipinski definition) is 4. The van der Waals surface area contributed by atoms with Crippen molar-refractivity contribution < 1.29 is 19.1 Å². The third kappa shape index (κ3) is 6.61. The molecule has 0 saturated heterocycles. The Hall–Kier alpha value is -1.95. The second-order valence-electron chi connectivity index (χ2n) is 6.75. The van der Waals surface area contributed by atoms with E-state index in [1.807, 2.05) is 6.92 Å². The van der Waals surface area contributed by atoms with Gasteiger partial charge in [-0.15, -0.1) is 0 Å². The van der Waals surface area contributed by atoms with Crippen LogP contribution in [0.1, 0.15) is 62.2 Å². The maximum absolute atomic E-state index is 12.4. The average molecular weight is 397 g/mol. The summed E-state index contributed by atoms with van der Waals surface area (Å²) in [6, 6.07) is 3.42. The number of methoxy groups -OCH3 is 1. The van der Waals surface area contributed by atoms with Gasteiger partial charge in [0.25, 0.3) is 5.91 Å². The molecule has 1 fully saturated rings. The summed E-state index contributed by atoms with van der Waals surface area (Å²) in [5.41, 5.74) is 0.369. The van der Waals surface area contributed by atoms with Gasteiger partial charge in [-0.25, -0.2) is 0 Å². The van der Waals surface area contributed by atoms with Crippen LogP contribution in [0.25, 0.3) is 0 Å². The number of nitrogens with one attached hydrogen (secondary N) is 2. The van der Waals surface area contributed by atoms with E-state index >= 15 is 0 Å². The molecule has 0 heterocycles. The summed E-state index contributed by atoms with van der Waals surface area (Å²) < 4.78 is 10.9. The van der Waals surface area contributed by atoms with Gasteiger partial charge < -0.3 is 20.1 Å². The fourth-order valence-electron chi connectivity index (χ4n) is 3.13. The van der Waals surface area contributed by atoms with Crippen LogP contribution in [0.4, 0.5) is 0 Å². The predicted molar refractivity (Wildman–Crippen MR) is 106 cm³/mol. The lowest BCUT2D eigenvalue weighted by Gasteiger charge is -2.22. The van der Waals surface area contributed by atoms with Crippen molar-refractivity contribution >= 4 is 23.4 Å². The Balaban J connectivity index is 1.85. The predicted octanol–water partition coefficient (Wildman–Crippen LogP) is 3.71. The highest BCUT2D eigenvalue weighted by Gasteiger charge is 2.17. The summed E-state index contributed by atoms with van der Waals surface area (Å²) in [7, 11) is 1.50. The van der Waals surface area contributed by atoms with E-state index in [9.17, 15) is 9.59 Å². The van der Waals surface area contributed by atoms with Gasteiger partial charge in [-0.1, -0.05) is 37.8 Å². The van der Waals surface area contributed by atoms with E-state index in [1.165, 1.54) is 26.4 Å². The van der Waals surface area contributed by atoms with Crippen molar-refractivity contribution in [3.05, 3.63) is 22.7 Å². The van der Waals surface area contributed by atoms with Crippen molar-refractivity contribution in [2.75, 3.05) is 20.3 Å². The molecule has 2 rings (SSSR count). The van der Waals surface area contributed by atoms with Crippen molar-refractivity contribution in [3.8, 4) is 11.5 Å². The molecule has 0 aromatic heterocycles. The van der Waals surface area contributed by atoms with Gasteiger partial charge in [0.1, 0.15) is 0 Å². The molecule has 0 unspecified atom stereocenters. The third-order valence-electron chi connectivity index (χ3n) is 4.55. The van der Waals surface area contributed by atoms with Crippen molar-refractivity contribution in [1.29, 1.82) is 0 Å². The lowest BCUT2D eigenvalue weighted by atomic mass is 9.95. The Morgan fingerprint density at radius 1 is 1.22 bits per heavy atom. The quantitative estimate of drug-likeness (QED) is 0.667. The smallest absolute Gasteiger partial charge is 0.251 e. The number of carbonyl (C=O) groups is 2. The summed E-state index contributed by atoms with van der Waals surface area (Å²) in [6.07, 6.45) is 6.77. The van der Waals surface area contributed by atoms with Crippen LogP contribution < -0.4 is 20.1 Å². The van der Waals surface area contributed by atoms with Crippen LogP contribution in [0.5, 0.6) is 11.5 Å². The first-order chi connectivity index (χ1) is 13.0. The number of hydrogen-bond donors (Lipinski definition) is 2. The molecular formula is C20H29ClN2O4. The fraction of sp³-hybridized carbons (Fsp3) is 0.600. The molecule has 27 heavy (non-hydrogen) atoms. The van der Waals surface area contributed by atoms with Crippen molar-refractivity contribution in [2.45, 2.75) is 57.9 Å². The number of benzene rings is 1. The Bertz CT molecular complexity index is 645. The largest absolute Gasteiger partial charge is 0.493 e. The van der Waals surface area contributed by atoms with Gasteiger partial charge in [-0.05, 0) is 31.4 Å². The molecule has 2 N–H and O–H groups in total. The van der Waals surface area contributed by atoms with Crippen LogP contribution in [-0.2, 0) is 4.79 Å². The molecule has 0 spiro atoms. The van der Waals surface area contributed by atoms with Crippen LogP contribution in [0.15, 0.2) is 12.1 Å². The minimum atomic E-state index is -0.303. The van der Waals surface area contributed by atoms with E-state index in [-0.39, 0.29) is 30.8 Å². The van der Waals surface area contributed by atoms with E-state index in [0.717, 1.165) is 19.3 Å². The molecule has 0 radical (unpaired) electrons. The summed E-state index contributed by atoms with van der Waals surface area (Å²) in [4.78, 5) is 24.4. The van der Waals surface area contributed by atoms with Crippen LogP contribution in [0.2, 0.25) is 5.02 Å². The molecule has 1 aromatic carbocycles. The molecule has 1 aromatic rings. The highest BCUT2D eigenvalue weighted by Crippen LogP contribution is 2.36. The topological polar surface area (TPSA) is 76.7 Å². The fourth-order valence-corrected chi connectivity index (χ4v) is 3.40. The first kappa shape index (κ1) is 21.4. The molecular weight excluding hydrogens is 368 g/mol. The normalized spacial score (nSPS) is 14.5. The van der Waals surface area contributed by atoms with Gasteiger partial charge in [0.05, 0.1) is 18.7 Å². The number of halogens is 1. The Labute approximate surface area is 165 Å². The first-order valence-electron chi connectivity index (χ1n) is 9.63. The van der Waals surface area contributed by atoms with E-state index in [2.05, 4.69) is 10.6 Å². The van der Waals surface area contributed by atoms with Crippen LogP contribution in [0.3, 0.4) is 0 Å². The third-order valence-corrected chi connectivity index (χ3v) is 4.83. The monoisotopic (exact) mass is 396 g/mol. The highest BCUT2D eigenvalue weighted by molar-refractivity contribution is 6.32. The minimum absolute atomic E-state index is 0.0267. The van der Waals surface area contributed by atoms with E-state index < -0.39 is 0 Å². The zero-order valence-electron chi connectivity index (χ0n) is 16.1. The highest BCUT2D eigenvalue weighted by atomic mass is 35.5. The van der Waals surface area contributed by atoms with E-state index in [1.54, 1.807) is 12.1 Å². The molecule has 1 aliphatic carbocycles. The summed E-state index contributed by atoms with van der Waals surface area (Å²) >= 11 is 6.24. The number of rotatable bonds is 9. The lowest BCUT2D eigenvalue weighted by Crippen LogP contribution is -2.38. The zero-order valence-corrected chi connectivity index (χ0v) is 16.9. The molecule has 2 amide bonds. The molecule has 0 aliphatic heterocycles. The zero-order chi connectivity index (χ0) is 19.6. The molecule has 150 valence electrons. The average Bonchev–Trinajstić information content (AvgIpc) is 2.67. The molecule has 0 bridgehead atoms. The lowest BCUT2D eigenvalue weighted by molar-refractivity contribution is -0.121. The van der Waals surface area contributed by atoms with Crippen LogP contribution in [0, 0.1) is 0 Å². The molecule has 1 aliphatic rings. The number of amides is 2. The second-order valence-corrected chi connectivity index (χ2v) is 7.15. The van der Waals surface area contributed by atoms with Crippen molar-refractivity contribution in [3.63, 3.8) is 0 Å². The minimum Gasteiger partial charge on any atom is -0.493 e. The van der Waals surface area contributed by atoms with Crippen LogP contribution in [-0.4, -0.2) is 38.1 Å². The van der Waals surface area contributed by atoms with Gasteiger partial charge >= 0.3 is 0 Å². The SMILES string of the molecule is CCCOc1c(Cl)cc(C(=O)NCCC(=O)NC2CCCCC2)cc1OC. The molecule has 6 nitrogen and oxygen atoms in total. The van der Waals surface area contributed by atoms with E-state index in [4.69, 9.17) is 21.1 Å². The van der Waals surface area contributed by atoms with Gasteiger partial charge in [-0.2, -0.15) is 0 Å². The summed E-state index contributed by atoms with van der Waals surface area (Å²) in [5, 5.41) is 6.11. The van der Waals surface area contributed by atoms with Crippen molar-refractivity contribution in [1.82, 2.24) is 10.6 Å². The van der Waals surface area contributed by atoms with Gasteiger partial charge in [0.2, 0.25) is 5.91 Å².